The summed E-state index contributed by atoms with van der Waals surface area (Å²) in [5.74, 6) is -1.41. The Labute approximate surface area is 92.3 Å². The third-order valence-electron chi connectivity index (χ3n) is 4.33. The van der Waals surface area contributed by atoms with E-state index in [1.807, 2.05) is 6.08 Å². The van der Waals surface area contributed by atoms with E-state index in [1.165, 1.54) is 0 Å². The molecule has 16 heavy (non-hydrogen) atoms. The molecule has 4 heteroatoms. The van der Waals surface area contributed by atoms with E-state index in [1.54, 1.807) is 12.2 Å². The minimum absolute atomic E-state index is 0.119. The van der Waals surface area contributed by atoms with Gasteiger partial charge in [0.05, 0.1) is 5.41 Å². The van der Waals surface area contributed by atoms with Crippen molar-refractivity contribution in [3.8, 4) is 0 Å². The third-order valence-corrected chi connectivity index (χ3v) is 4.33. The molecular formula is C12H12O4. The second-order valence-corrected chi connectivity index (χ2v) is 4.96. The Morgan fingerprint density at radius 1 is 1.38 bits per heavy atom. The summed E-state index contributed by atoms with van der Waals surface area (Å²) in [4.78, 5) is 22.3. The molecule has 0 aromatic heterocycles. The van der Waals surface area contributed by atoms with E-state index in [4.69, 9.17) is 5.11 Å². The van der Waals surface area contributed by atoms with Crippen LogP contribution in [0.25, 0.3) is 0 Å². The van der Waals surface area contributed by atoms with Gasteiger partial charge in [-0.15, -0.1) is 0 Å². The molecule has 4 unspecified atom stereocenters. The SMILES string of the molecule is O=C(O)C1=CC2C(C1)C1C=CC2(C(=O)O)C1. The minimum Gasteiger partial charge on any atom is -0.481 e. The Hall–Kier alpha value is -1.58. The third kappa shape index (κ3) is 0.944. The fourth-order valence-corrected chi connectivity index (χ4v) is 3.56. The summed E-state index contributed by atoms with van der Waals surface area (Å²) in [6.45, 7) is 0. The van der Waals surface area contributed by atoms with Gasteiger partial charge >= 0.3 is 11.9 Å². The van der Waals surface area contributed by atoms with Crippen molar-refractivity contribution in [3.05, 3.63) is 23.8 Å². The number of hydrogen-bond donors (Lipinski definition) is 2. The number of fused-ring (bicyclic) bond motifs is 5. The molecule has 84 valence electrons. The largest absolute Gasteiger partial charge is 0.481 e. The fraction of sp³-hybridized carbons (Fsp3) is 0.500. The highest BCUT2D eigenvalue weighted by molar-refractivity contribution is 5.88. The van der Waals surface area contributed by atoms with Crippen molar-refractivity contribution in [1.82, 2.24) is 0 Å². The van der Waals surface area contributed by atoms with Gasteiger partial charge in [-0.25, -0.2) is 4.79 Å². The van der Waals surface area contributed by atoms with Crippen LogP contribution in [-0.2, 0) is 9.59 Å². The van der Waals surface area contributed by atoms with Crippen LogP contribution in [0.5, 0.6) is 0 Å². The zero-order valence-electron chi connectivity index (χ0n) is 8.59. The van der Waals surface area contributed by atoms with Crippen LogP contribution in [0.15, 0.2) is 23.8 Å². The molecule has 0 aliphatic heterocycles. The van der Waals surface area contributed by atoms with Gasteiger partial charge in [-0.05, 0) is 24.7 Å². The van der Waals surface area contributed by atoms with Crippen molar-refractivity contribution in [2.75, 3.05) is 0 Å². The lowest BCUT2D eigenvalue weighted by molar-refractivity contribution is -0.147. The molecule has 4 atom stereocenters. The van der Waals surface area contributed by atoms with Crippen LogP contribution < -0.4 is 0 Å². The Kier molecular flexibility index (Phi) is 1.66. The summed E-state index contributed by atoms with van der Waals surface area (Å²) in [5.41, 5.74) is -0.443. The van der Waals surface area contributed by atoms with Gasteiger partial charge in [-0.2, -0.15) is 0 Å². The highest BCUT2D eigenvalue weighted by atomic mass is 16.4. The lowest BCUT2D eigenvalue weighted by atomic mass is 9.75. The normalized spacial score (nSPS) is 43.2. The molecule has 2 bridgehead atoms. The summed E-state index contributed by atoms with van der Waals surface area (Å²) in [6.07, 6.45) is 6.55. The smallest absolute Gasteiger partial charge is 0.331 e. The topological polar surface area (TPSA) is 74.6 Å². The molecule has 2 N–H and O–H groups in total. The Morgan fingerprint density at radius 3 is 2.75 bits per heavy atom. The van der Waals surface area contributed by atoms with Crippen LogP contribution in [0, 0.1) is 23.2 Å². The van der Waals surface area contributed by atoms with Gasteiger partial charge < -0.3 is 10.2 Å². The van der Waals surface area contributed by atoms with Crippen LogP contribution in [0.1, 0.15) is 12.8 Å². The maximum Gasteiger partial charge on any atom is 0.331 e. The van der Waals surface area contributed by atoms with Crippen LogP contribution in [-0.4, -0.2) is 22.2 Å². The summed E-state index contributed by atoms with van der Waals surface area (Å²) < 4.78 is 0. The van der Waals surface area contributed by atoms with Gasteiger partial charge in [0, 0.05) is 11.5 Å². The number of carboxylic acids is 2. The molecule has 0 aromatic carbocycles. The first-order valence-corrected chi connectivity index (χ1v) is 5.41. The molecule has 0 saturated heterocycles. The van der Waals surface area contributed by atoms with Crippen molar-refractivity contribution in [2.24, 2.45) is 23.2 Å². The molecule has 0 heterocycles. The fourth-order valence-electron chi connectivity index (χ4n) is 3.56. The lowest BCUT2D eigenvalue weighted by Gasteiger charge is -2.27. The Bertz CT molecular complexity index is 448. The van der Waals surface area contributed by atoms with Gasteiger partial charge in [0.15, 0.2) is 0 Å². The molecule has 0 amide bonds. The maximum atomic E-state index is 11.4. The number of carboxylic acid groups (broad SMARTS) is 2. The maximum absolute atomic E-state index is 11.4. The highest BCUT2D eigenvalue weighted by Crippen LogP contribution is 2.61. The number of rotatable bonds is 2. The van der Waals surface area contributed by atoms with E-state index in [9.17, 15) is 14.7 Å². The Morgan fingerprint density at radius 2 is 2.12 bits per heavy atom. The average molecular weight is 220 g/mol. The van der Waals surface area contributed by atoms with Crippen LogP contribution >= 0.6 is 0 Å². The van der Waals surface area contributed by atoms with Crippen LogP contribution in [0.4, 0.5) is 0 Å². The van der Waals surface area contributed by atoms with Crippen LogP contribution in [0.2, 0.25) is 0 Å². The first-order valence-electron chi connectivity index (χ1n) is 5.41. The van der Waals surface area contributed by atoms with E-state index < -0.39 is 17.4 Å². The average Bonchev–Trinajstić information content (AvgIpc) is 2.88. The van der Waals surface area contributed by atoms with Gasteiger partial charge in [0.25, 0.3) is 0 Å². The van der Waals surface area contributed by atoms with Crippen molar-refractivity contribution < 1.29 is 19.8 Å². The molecule has 1 saturated carbocycles. The van der Waals surface area contributed by atoms with E-state index in [-0.39, 0.29) is 17.8 Å². The van der Waals surface area contributed by atoms with Crippen molar-refractivity contribution in [3.63, 3.8) is 0 Å². The lowest BCUT2D eigenvalue weighted by Crippen LogP contribution is -2.32. The first kappa shape index (κ1) is 9.63. The first-order chi connectivity index (χ1) is 7.54. The van der Waals surface area contributed by atoms with Gasteiger partial charge in [-0.3, -0.25) is 4.79 Å². The van der Waals surface area contributed by atoms with E-state index in [2.05, 4.69) is 0 Å². The standard InChI is InChI=1S/C12H12O4/c13-10(14)7-3-8-6-1-2-12(5-6,11(15)16)9(8)4-7/h1-2,4,6,8-9H,3,5H2,(H,13,14)(H,15,16). The molecular weight excluding hydrogens is 208 g/mol. The van der Waals surface area contributed by atoms with Crippen molar-refractivity contribution in [2.45, 2.75) is 12.8 Å². The minimum atomic E-state index is -0.908. The predicted octanol–water partition coefficient (Wildman–Crippen LogP) is 1.29. The van der Waals surface area contributed by atoms with E-state index in [0.29, 0.717) is 18.4 Å². The van der Waals surface area contributed by atoms with Crippen LogP contribution in [0.3, 0.4) is 0 Å². The van der Waals surface area contributed by atoms with E-state index in [0.717, 1.165) is 0 Å². The molecule has 1 fully saturated rings. The second-order valence-electron chi connectivity index (χ2n) is 4.96. The summed E-state index contributed by atoms with van der Waals surface area (Å²) in [6, 6.07) is 0. The predicted molar refractivity (Wildman–Crippen MR) is 54.6 cm³/mol. The van der Waals surface area contributed by atoms with Gasteiger partial charge in [0.1, 0.15) is 0 Å². The molecule has 3 rings (SSSR count). The molecule has 0 spiro atoms. The summed E-state index contributed by atoms with van der Waals surface area (Å²) in [5, 5.41) is 18.3. The van der Waals surface area contributed by atoms with E-state index >= 15 is 0 Å². The van der Waals surface area contributed by atoms with Crippen molar-refractivity contribution in [1.29, 1.82) is 0 Å². The summed E-state index contributed by atoms with van der Waals surface area (Å²) >= 11 is 0. The molecule has 3 aliphatic carbocycles. The number of hydrogen-bond acceptors (Lipinski definition) is 2. The number of carbonyl (C=O) groups is 2. The highest BCUT2D eigenvalue weighted by Gasteiger charge is 2.60. The van der Waals surface area contributed by atoms with Gasteiger partial charge in [0.2, 0.25) is 0 Å². The van der Waals surface area contributed by atoms with Gasteiger partial charge in [-0.1, -0.05) is 18.2 Å². The quantitative estimate of drug-likeness (QED) is 0.688. The number of allylic oxidation sites excluding steroid dienone is 2. The molecule has 4 nitrogen and oxygen atoms in total. The Balaban J connectivity index is 2.02. The zero-order chi connectivity index (χ0) is 11.5. The monoisotopic (exact) mass is 220 g/mol. The molecule has 3 aliphatic rings. The number of aliphatic carboxylic acids is 2. The zero-order valence-corrected chi connectivity index (χ0v) is 8.59. The second kappa shape index (κ2) is 2.75. The summed E-state index contributed by atoms with van der Waals surface area (Å²) in [7, 11) is 0. The van der Waals surface area contributed by atoms with Crippen molar-refractivity contribution >= 4 is 11.9 Å². The molecule has 0 aromatic rings. The molecule has 0 radical (unpaired) electrons.